The van der Waals surface area contributed by atoms with Gasteiger partial charge in [0.1, 0.15) is 0 Å². The minimum Gasteiger partial charge on any atom is -0.363 e. The molecule has 1 saturated heterocycles. The SMILES string of the molecule is CS(=O)(=O)c1ccc(N2CCC[C@@H]2c2cccs2)c(S(C)(=O)=O)c1. The molecule has 1 atom stereocenters. The van der Waals surface area contributed by atoms with Crippen LogP contribution < -0.4 is 4.90 Å². The second-order valence-corrected chi connectivity index (χ2v) is 11.0. The molecule has 1 fully saturated rings. The molecule has 0 N–H and O–H groups in total. The summed E-state index contributed by atoms with van der Waals surface area (Å²) in [5.41, 5.74) is 0.584. The largest absolute Gasteiger partial charge is 0.363 e. The summed E-state index contributed by atoms with van der Waals surface area (Å²) >= 11 is 1.65. The molecule has 24 heavy (non-hydrogen) atoms. The Bertz CT molecular complexity index is 947. The van der Waals surface area contributed by atoms with E-state index in [1.54, 1.807) is 17.4 Å². The zero-order valence-corrected chi connectivity index (χ0v) is 15.9. The van der Waals surface area contributed by atoms with Crippen molar-refractivity contribution in [3.05, 3.63) is 40.6 Å². The maximum Gasteiger partial charge on any atom is 0.177 e. The fourth-order valence-electron chi connectivity index (χ4n) is 3.09. The van der Waals surface area contributed by atoms with Gasteiger partial charge in [-0.15, -0.1) is 11.3 Å². The van der Waals surface area contributed by atoms with E-state index in [0.717, 1.165) is 31.9 Å². The smallest absolute Gasteiger partial charge is 0.177 e. The third kappa shape index (κ3) is 3.36. The molecule has 3 rings (SSSR count). The normalized spacial score (nSPS) is 18.9. The number of sulfone groups is 2. The quantitative estimate of drug-likeness (QED) is 0.809. The van der Waals surface area contributed by atoms with Crippen LogP contribution in [0.2, 0.25) is 0 Å². The van der Waals surface area contributed by atoms with Crippen molar-refractivity contribution in [2.24, 2.45) is 0 Å². The van der Waals surface area contributed by atoms with E-state index < -0.39 is 19.7 Å². The van der Waals surface area contributed by atoms with Crippen molar-refractivity contribution in [1.29, 1.82) is 0 Å². The molecule has 0 radical (unpaired) electrons. The Hall–Kier alpha value is -1.38. The van der Waals surface area contributed by atoms with Crippen molar-refractivity contribution in [1.82, 2.24) is 0 Å². The Balaban J connectivity index is 2.14. The van der Waals surface area contributed by atoms with Gasteiger partial charge in [0.05, 0.1) is 21.5 Å². The van der Waals surface area contributed by atoms with Crippen LogP contribution in [0.5, 0.6) is 0 Å². The summed E-state index contributed by atoms with van der Waals surface area (Å²) in [5.74, 6) is 0. The Morgan fingerprint density at radius 2 is 1.83 bits per heavy atom. The van der Waals surface area contributed by atoms with Gasteiger partial charge in [-0.05, 0) is 42.5 Å². The predicted octanol–water partition coefficient (Wildman–Crippen LogP) is 2.90. The van der Waals surface area contributed by atoms with E-state index in [-0.39, 0.29) is 15.8 Å². The van der Waals surface area contributed by atoms with Crippen molar-refractivity contribution in [3.8, 4) is 0 Å². The van der Waals surface area contributed by atoms with E-state index in [4.69, 9.17) is 0 Å². The van der Waals surface area contributed by atoms with Crippen LogP contribution >= 0.6 is 11.3 Å². The van der Waals surface area contributed by atoms with Crippen LogP contribution in [0, 0.1) is 0 Å². The molecule has 1 aliphatic heterocycles. The lowest BCUT2D eigenvalue weighted by Crippen LogP contribution is -2.24. The van der Waals surface area contributed by atoms with Crippen LogP contribution in [0.3, 0.4) is 0 Å². The summed E-state index contributed by atoms with van der Waals surface area (Å²) in [6, 6.07) is 8.57. The molecule has 8 heteroatoms. The molecule has 5 nitrogen and oxygen atoms in total. The highest BCUT2D eigenvalue weighted by Crippen LogP contribution is 2.41. The molecule has 1 aromatic carbocycles. The number of anilines is 1. The van der Waals surface area contributed by atoms with Crippen LogP contribution in [0.15, 0.2) is 45.5 Å². The van der Waals surface area contributed by atoms with Crippen LogP contribution in [0.25, 0.3) is 0 Å². The molecule has 1 aliphatic rings. The van der Waals surface area contributed by atoms with Crippen molar-refractivity contribution in [2.75, 3.05) is 24.0 Å². The maximum absolute atomic E-state index is 12.3. The van der Waals surface area contributed by atoms with E-state index in [9.17, 15) is 16.8 Å². The second kappa shape index (κ2) is 6.16. The highest BCUT2D eigenvalue weighted by molar-refractivity contribution is 7.91. The van der Waals surface area contributed by atoms with Gasteiger partial charge in [-0.2, -0.15) is 0 Å². The average Bonchev–Trinajstić information content (AvgIpc) is 3.15. The Labute approximate surface area is 146 Å². The summed E-state index contributed by atoms with van der Waals surface area (Å²) in [4.78, 5) is 3.38. The molecule has 130 valence electrons. The van der Waals surface area contributed by atoms with Crippen LogP contribution in [0.4, 0.5) is 5.69 Å². The summed E-state index contributed by atoms with van der Waals surface area (Å²) in [6.45, 7) is 0.753. The van der Waals surface area contributed by atoms with Crippen LogP contribution in [-0.4, -0.2) is 35.9 Å². The van der Waals surface area contributed by atoms with Gasteiger partial charge in [-0.3, -0.25) is 0 Å². The minimum atomic E-state index is -3.55. The third-order valence-corrected chi connectivity index (χ3v) is 7.40. The molecule has 0 saturated carbocycles. The first-order chi connectivity index (χ1) is 11.2. The van der Waals surface area contributed by atoms with Gasteiger partial charge in [0.25, 0.3) is 0 Å². The van der Waals surface area contributed by atoms with Gasteiger partial charge in [0.15, 0.2) is 19.7 Å². The molecule has 0 spiro atoms. The highest BCUT2D eigenvalue weighted by Gasteiger charge is 2.31. The van der Waals surface area contributed by atoms with Crippen LogP contribution in [-0.2, 0) is 19.7 Å². The summed E-state index contributed by atoms with van der Waals surface area (Å²) in [7, 11) is -7.01. The van der Waals surface area contributed by atoms with Gasteiger partial charge in [0.2, 0.25) is 0 Å². The number of rotatable bonds is 4. The molecule has 0 aliphatic carbocycles. The average molecular weight is 386 g/mol. The first-order valence-electron chi connectivity index (χ1n) is 7.52. The molecule has 0 unspecified atom stereocenters. The van der Waals surface area contributed by atoms with Gasteiger partial charge in [0, 0.05) is 23.9 Å². The Morgan fingerprint density at radius 3 is 2.42 bits per heavy atom. The summed E-state index contributed by atoms with van der Waals surface area (Å²) in [5, 5.41) is 2.01. The van der Waals surface area contributed by atoms with Crippen molar-refractivity contribution < 1.29 is 16.8 Å². The van der Waals surface area contributed by atoms with E-state index in [1.165, 1.54) is 17.0 Å². The van der Waals surface area contributed by atoms with Crippen molar-refractivity contribution >= 4 is 36.7 Å². The topological polar surface area (TPSA) is 71.5 Å². The zero-order valence-electron chi connectivity index (χ0n) is 13.5. The van der Waals surface area contributed by atoms with E-state index in [1.807, 2.05) is 11.4 Å². The summed E-state index contributed by atoms with van der Waals surface area (Å²) < 4.78 is 48.1. The van der Waals surface area contributed by atoms with Crippen molar-refractivity contribution in [3.63, 3.8) is 0 Å². The lowest BCUT2D eigenvalue weighted by atomic mass is 10.1. The Morgan fingerprint density at radius 1 is 1.08 bits per heavy atom. The number of thiophene rings is 1. The van der Waals surface area contributed by atoms with Crippen molar-refractivity contribution in [2.45, 2.75) is 28.7 Å². The molecular formula is C16H19NO4S3. The number of hydrogen-bond acceptors (Lipinski definition) is 6. The van der Waals surface area contributed by atoms with E-state index in [0.29, 0.717) is 5.69 Å². The Kier molecular flexibility index (Phi) is 4.48. The third-order valence-electron chi connectivity index (χ3n) is 4.19. The number of hydrogen-bond donors (Lipinski definition) is 0. The molecule has 2 aromatic rings. The van der Waals surface area contributed by atoms with Gasteiger partial charge < -0.3 is 4.90 Å². The first kappa shape index (κ1) is 17.4. The van der Waals surface area contributed by atoms with E-state index in [2.05, 4.69) is 11.0 Å². The monoisotopic (exact) mass is 385 g/mol. The molecular weight excluding hydrogens is 366 g/mol. The lowest BCUT2D eigenvalue weighted by Gasteiger charge is -2.28. The number of benzene rings is 1. The van der Waals surface area contributed by atoms with Gasteiger partial charge >= 0.3 is 0 Å². The standard InChI is InChI=1S/C16H19NO4S3/c1-23(18,19)12-7-8-14(16(11-12)24(2,20)21)17-9-3-5-13(17)15-6-4-10-22-15/h4,6-8,10-11,13H,3,5,9H2,1-2H3/t13-/m1/s1. The van der Waals surface area contributed by atoms with Crippen LogP contribution in [0.1, 0.15) is 23.8 Å². The molecule has 1 aromatic heterocycles. The second-order valence-electron chi connectivity index (χ2n) is 6.04. The highest BCUT2D eigenvalue weighted by atomic mass is 32.2. The number of nitrogens with zero attached hydrogens (tertiary/aromatic N) is 1. The van der Waals surface area contributed by atoms with E-state index >= 15 is 0 Å². The first-order valence-corrected chi connectivity index (χ1v) is 12.2. The molecule has 0 amide bonds. The minimum absolute atomic E-state index is 0.0264. The maximum atomic E-state index is 12.3. The predicted molar refractivity (Wildman–Crippen MR) is 96.3 cm³/mol. The molecule has 2 heterocycles. The fraction of sp³-hybridized carbons (Fsp3) is 0.375. The summed E-state index contributed by atoms with van der Waals surface area (Å²) in [6.07, 6.45) is 4.13. The van der Waals surface area contributed by atoms with Gasteiger partial charge in [-0.1, -0.05) is 6.07 Å². The lowest BCUT2D eigenvalue weighted by molar-refractivity contribution is 0.599. The molecule has 0 bridgehead atoms. The van der Waals surface area contributed by atoms with Gasteiger partial charge in [-0.25, -0.2) is 16.8 Å². The zero-order chi connectivity index (χ0) is 17.5. The fourth-order valence-corrected chi connectivity index (χ4v) is 5.59.